The molecule has 10 heteroatoms. The molecule has 0 saturated heterocycles. The van der Waals surface area contributed by atoms with Crippen molar-refractivity contribution in [1.82, 2.24) is 14.8 Å². The molecule has 0 N–H and O–H groups in total. The molecule has 0 fully saturated rings. The number of unbranched alkanes of at least 4 members (excludes halogenated alkanes) is 59. The smallest absolute Gasteiger partial charge is 0.203 e. The first-order valence-electron chi connectivity index (χ1n) is 53.5. The fourth-order valence-electron chi connectivity index (χ4n) is 17.0. The molecule has 126 heavy (non-hydrogen) atoms. The van der Waals surface area contributed by atoms with Crippen LogP contribution in [-0.2, 0) is 0 Å². The summed E-state index contributed by atoms with van der Waals surface area (Å²) in [6, 6.07) is 33.7. The molecule has 0 atom stereocenters. The number of rotatable bonds is 83. The van der Waals surface area contributed by atoms with E-state index in [9.17, 15) is 0 Å². The Morgan fingerprint density at radius 2 is 0.389 bits per heavy atom. The standard InChI is InChI=1S/C116H183N3O7/c1-8-15-22-29-36-42-48-54-61-68-91-121-109-97-103(98-110(122-92-69-62-55-49-43-37-30-23-16-9-2)113(109)125-95-72-65-58-52-46-40-33-26-19-12-5)76-74-101-78-82-105(83-79-101)115-117-118-116(119(115)107-86-88-108(89-87-107)120-90-67-60-35-28-21-14-7)106-84-80-102(81-85-106)75-77-104-99-111(123-93-70-63-56-50-44-38-31-24-17-10-3)114(126-96-73-66-59-53-47-41-34-27-20-13-6)112(100-104)124-94-71-64-57-51-45-39-32-25-18-11-4/h78-89,97-100H,8-73,90-96H2,1-7H3. The van der Waals surface area contributed by atoms with E-state index in [0.717, 1.165) is 174 Å². The Hall–Kier alpha value is -7.04. The summed E-state index contributed by atoms with van der Waals surface area (Å²) in [5.41, 5.74) is 6.26. The molecule has 10 nitrogen and oxygen atoms in total. The van der Waals surface area contributed by atoms with Gasteiger partial charge in [0, 0.05) is 39.1 Å². The van der Waals surface area contributed by atoms with Gasteiger partial charge in [-0.1, -0.05) is 451 Å². The van der Waals surface area contributed by atoms with E-state index in [-0.39, 0.29) is 0 Å². The van der Waals surface area contributed by atoms with Crippen LogP contribution in [0.15, 0.2) is 97.1 Å². The molecular formula is C116H183N3O7. The summed E-state index contributed by atoms with van der Waals surface area (Å²) >= 11 is 0. The number of hydrogen-bond donors (Lipinski definition) is 0. The van der Waals surface area contributed by atoms with E-state index in [1.807, 2.05) is 0 Å². The van der Waals surface area contributed by atoms with Crippen molar-refractivity contribution in [2.75, 3.05) is 46.2 Å². The van der Waals surface area contributed by atoms with Gasteiger partial charge in [0.05, 0.1) is 46.2 Å². The SMILES string of the molecule is CCCCCCCCCCCCOc1cc(C#Cc2ccc(-c3nnc(-c4ccc(C#Cc5cc(OCCCCCCCCCCCC)c(OCCCCCCCCCCCC)c(OCCCCCCCCCCCC)c5)cc4)n3-c3ccc(OCCCCCCCC)cc3)cc2)cc(OCCCCCCCCCCCC)c1OCCCCCCCCCCCC. The Bertz CT molecular complexity index is 3380. The highest BCUT2D eigenvalue weighted by molar-refractivity contribution is 5.69. The Labute approximate surface area is 773 Å². The molecule has 704 valence electrons. The third kappa shape index (κ3) is 50.2. The summed E-state index contributed by atoms with van der Waals surface area (Å²) < 4.78 is 49.4. The van der Waals surface area contributed by atoms with E-state index in [1.165, 1.54) is 340 Å². The zero-order chi connectivity index (χ0) is 88.9. The maximum absolute atomic E-state index is 6.81. The van der Waals surface area contributed by atoms with E-state index < -0.39 is 0 Å². The molecular weight excluding hydrogens is 1550 g/mol. The largest absolute Gasteiger partial charge is 0.494 e. The van der Waals surface area contributed by atoms with Crippen LogP contribution in [0, 0.1) is 23.7 Å². The quantitative estimate of drug-likeness (QED) is 0.0273. The molecule has 0 aliphatic heterocycles. The molecule has 6 rings (SSSR count). The highest BCUT2D eigenvalue weighted by Crippen LogP contribution is 2.42. The summed E-state index contributed by atoms with van der Waals surface area (Å²) in [5.74, 6) is 21.0. The van der Waals surface area contributed by atoms with Gasteiger partial charge in [-0.05, 0) is 142 Å². The van der Waals surface area contributed by atoms with Gasteiger partial charge < -0.3 is 33.2 Å². The summed E-state index contributed by atoms with van der Waals surface area (Å²) in [5, 5.41) is 10.0. The summed E-state index contributed by atoms with van der Waals surface area (Å²) in [6.45, 7) is 20.5. The maximum Gasteiger partial charge on any atom is 0.203 e. The molecule has 1 aromatic heterocycles. The molecule has 0 radical (unpaired) electrons. The molecule has 0 unspecified atom stereocenters. The zero-order valence-corrected chi connectivity index (χ0v) is 82.1. The van der Waals surface area contributed by atoms with E-state index >= 15 is 0 Å². The number of nitrogens with zero attached hydrogens (tertiary/aromatic N) is 3. The average Bonchev–Trinajstić information content (AvgIpc) is 1.59. The fraction of sp³-hybridized carbons (Fsp3) is 0.690. The second kappa shape index (κ2) is 75.7. The van der Waals surface area contributed by atoms with E-state index in [4.69, 9.17) is 43.4 Å². The average molecular weight is 1730 g/mol. The van der Waals surface area contributed by atoms with Crippen molar-refractivity contribution >= 4 is 0 Å². The van der Waals surface area contributed by atoms with Gasteiger partial charge in [0.2, 0.25) is 11.5 Å². The highest BCUT2D eigenvalue weighted by Gasteiger charge is 2.21. The number of benzene rings is 5. The van der Waals surface area contributed by atoms with Gasteiger partial charge in [-0.3, -0.25) is 4.57 Å². The van der Waals surface area contributed by atoms with Gasteiger partial charge in [0.1, 0.15) is 5.75 Å². The van der Waals surface area contributed by atoms with Crippen molar-refractivity contribution in [1.29, 1.82) is 0 Å². The Balaban J connectivity index is 1.29. The van der Waals surface area contributed by atoms with Crippen LogP contribution in [0.3, 0.4) is 0 Å². The lowest BCUT2D eigenvalue weighted by molar-refractivity contribution is 0.234. The predicted octanol–water partition coefficient (Wildman–Crippen LogP) is 35.9. The maximum atomic E-state index is 6.81. The predicted molar refractivity (Wildman–Crippen MR) is 540 cm³/mol. The third-order valence-corrected chi connectivity index (χ3v) is 25.1. The molecule has 0 amide bonds. The number of hydrogen-bond acceptors (Lipinski definition) is 9. The van der Waals surface area contributed by atoms with Crippen LogP contribution in [0.2, 0.25) is 0 Å². The van der Waals surface area contributed by atoms with Crippen LogP contribution in [0.4, 0.5) is 0 Å². The van der Waals surface area contributed by atoms with Crippen molar-refractivity contribution in [3.05, 3.63) is 119 Å². The summed E-state index contributed by atoms with van der Waals surface area (Å²) in [7, 11) is 0. The van der Waals surface area contributed by atoms with Crippen LogP contribution in [0.5, 0.6) is 40.2 Å². The minimum absolute atomic E-state index is 0.629. The molecule has 0 saturated carbocycles. The van der Waals surface area contributed by atoms with Gasteiger partial charge in [0.15, 0.2) is 34.6 Å². The molecule has 0 spiro atoms. The number of aromatic nitrogens is 3. The minimum Gasteiger partial charge on any atom is -0.494 e. The molecule has 5 aromatic carbocycles. The highest BCUT2D eigenvalue weighted by atomic mass is 16.5. The van der Waals surface area contributed by atoms with Gasteiger partial charge in [-0.2, -0.15) is 0 Å². The molecule has 1 heterocycles. The second-order valence-electron chi connectivity index (χ2n) is 36.7. The van der Waals surface area contributed by atoms with E-state index in [1.54, 1.807) is 0 Å². The molecule has 0 aliphatic carbocycles. The lowest BCUT2D eigenvalue weighted by Gasteiger charge is -2.18. The molecule has 0 aliphatic rings. The van der Waals surface area contributed by atoms with E-state index in [0.29, 0.717) is 46.2 Å². The van der Waals surface area contributed by atoms with Crippen molar-refractivity contribution in [2.24, 2.45) is 0 Å². The van der Waals surface area contributed by atoms with Crippen molar-refractivity contribution in [2.45, 2.75) is 472 Å². The van der Waals surface area contributed by atoms with Crippen LogP contribution >= 0.6 is 0 Å². The van der Waals surface area contributed by atoms with Gasteiger partial charge in [0.25, 0.3) is 0 Å². The van der Waals surface area contributed by atoms with Crippen LogP contribution in [-0.4, -0.2) is 61.0 Å². The third-order valence-electron chi connectivity index (χ3n) is 25.1. The normalized spacial score (nSPS) is 11.3. The first-order chi connectivity index (χ1) is 62.4. The van der Waals surface area contributed by atoms with Crippen LogP contribution in [0.1, 0.15) is 494 Å². The number of ether oxygens (including phenoxy) is 7. The summed E-state index contributed by atoms with van der Waals surface area (Å²) in [4.78, 5) is 0. The van der Waals surface area contributed by atoms with Crippen LogP contribution in [0.25, 0.3) is 28.5 Å². The first-order valence-corrected chi connectivity index (χ1v) is 53.5. The van der Waals surface area contributed by atoms with Crippen molar-refractivity contribution < 1.29 is 33.2 Å². The summed E-state index contributed by atoms with van der Waals surface area (Å²) in [6.07, 6.45) is 83.8. The van der Waals surface area contributed by atoms with Crippen molar-refractivity contribution in [3.63, 3.8) is 0 Å². The zero-order valence-electron chi connectivity index (χ0n) is 82.1. The monoisotopic (exact) mass is 1730 g/mol. The Kier molecular flexibility index (Phi) is 64.8. The van der Waals surface area contributed by atoms with E-state index in [2.05, 4.69) is 174 Å². The molecule has 6 aromatic rings. The lowest BCUT2D eigenvalue weighted by Crippen LogP contribution is -2.07. The van der Waals surface area contributed by atoms with Gasteiger partial charge in [-0.15, -0.1) is 10.2 Å². The van der Waals surface area contributed by atoms with Crippen molar-refractivity contribution in [3.8, 4) is 92.4 Å². The topological polar surface area (TPSA) is 95.3 Å². The minimum atomic E-state index is 0.629. The van der Waals surface area contributed by atoms with Crippen LogP contribution < -0.4 is 33.2 Å². The second-order valence-corrected chi connectivity index (χ2v) is 36.7. The fourth-order valence-corrected chi connectivity index (χ4v) is 17.0. The van der Waals surface area contributed by atoms with Gasteiger partial charge >= 0.3 is 0 Å². The Morgan fingerprint density at radius 3 is 0.611 bits per heavy atom. The molecule has 0 bridgehead atoms. The first kappa shape index (κ1) is 108. The Morgan fingerprint density at radius 1 is 0.198 bits per heavy atom. The van der Waals surface area contributed by atoms with Gasteiger partial charge in [-0.25, -0.2) is 0 Å². The lowest BCUT2D eigenvalue weighted by atomic mass is 10.1.